The van der Waals surface area contributed by atoms with Crippen LogP contribution in [0.1, 0.15) is 49.6 Å². The number of aryl methyl sites for hydroxylation is 1. The molecule has 1 aromatic heterocycles. The van der Waals surface area contributed by atoms with Gasteiger partial charge in [-0.3, -0.25) is 9.69 Å². The molecule has 1 amide bonds. The van der Waals surface area contributed by atoms with Crippen LogP contribution in [-0.2, 0) is 11.3 Å². The lowest BCUT2D eigenvalue weighted by atomic mass is 9.88. The van der Waals surface area contributed by atoms with Crippen LogP contribution in [0.4, 0.5) is 0 Å². The lowest BCUT2D eigenvalue weighted by Crippen LogP contribution is -2.41. The maximum Gasteiger partial charge on any atom is 0.225 e. The molecule has 0 saturated carbocycles. The summed E-state index contributed by atoms with van der Waals surface area (Å²) in [5.74, 6) is 2.47. The van der Waals surface area contributed by atoms with Gasteiger partial charge in [0.15, 0.2) is 0 Å². The van der Waals surface area contributed by atoms with Crippen LogP contribution < -0.4 is 4.74 Å². The largest absolute Gasteiger partial charge is 0.497 e. The zero-order chi connectivity index (χ0) is 22.5. The van der Waals surface area contributed by atoms with Crippen LogP contribution in [0.25, 0.3) is 0 Å². The van der Waals surface area contributed by atoms with Crippen molar-refractivity contribution in [2.24, 2.45) is 17.8 Å². The quantitative estimate of drug-likeness (QED) is 0.520. The maximum atomic E-state index is 13.0. The van der Waals surface area contributed by atoms with E-state index in [2.05, 4.69) is 60.2 Å². The van der Waals surface area contributed by atoms with Crippen molar-refractivity contribution in [1.29, 1.82) is 0 Å². The number of carbonyl (C=O) groups excluding carboxylic acids is 1. The number of likely N-dealkylation sites (tertiary alicyclic amines) is 1. The minimum Gasteiger partial charge on any atom is -0.497 e. The van der Waals surface area contributed by atoms with Crippen molar-refractivity contribution in [1.82, 2.24) is 9.80 Å². The molecular formula is C26H38N2O2S. The van der Waals surface area contributed by atoms with Crippen LogP contribution in [0.5, 0.6) is 5.75 Å². The molecule has 5 heteroatoms. The van der Waals surface area contributed by atoms with Gasteiger partial charge in [0.25, 0.3) is 0 Å². The number of thiophene rings is 1. The van der Waals surface area contributed by atoms with Crippen molar-refractivity contribution in [3.8, 4) is 5.75 Å². The topological polar surface area (TPSA) is 32.8 Å². The number of benzene rings is 1. The minimum absolute atomic E-state index is 0.0280. The number of ether oxygens (including phenoxy) is 1. The van der Waals surface area contributed by atoms with Crippen molar-refractivity contribution in [3.63, 3.8) is 0 Å². The molecule has 1 fully saturated rings. The first kappa shape index (κ1) is 23.8. The van der Waals surface area contributed by atoms with Gasteiger partial charge in [-0.1, -0.05) is 39.8 Å². The normalized spacial score (nSPS) is 19.4. The van der Waals surface area contributed by atoms with Gasteiger partial charge in [-0.25, -0.2) is 0 Å². The number of hydrogen-bond acceptors (Lipinski definition) is 4. The van der Waals surface area contributed by atoms with E-state index in [0.717, 1.165) is 38.5 Å². The molecule has 0 N–H and O–H groups in total. The predicted molar refractivity (Wildman–Crippen MR) is 130 cm³/mol. The van der Waals surface area contributed by atoms with Crippen LogP contribution in [0.15, 0.2) is 35.7 Å². The van der Waals surface area contributed by atoms with Gasteiger partial charge in [0, 0.05) is 49.4 Å². The van der Waals surface area contributed by atoms with Crippen LogP contribution in [0.3, 0.4) is 0 Å². The summed E-state index contributed by atoms with van der Waals surface area (Å²) >= 11 is 1.85. The smallest absolute Gasteiger partial charge is 0.225 e. The Morgan fingerprint density at radius 2 is 2.00 bits per heavy atom. The van der Waals surface area contributed by atoms with E-state index < -0.39 is 0 Å². The molecule has 2 heterocycles. The molecule has 170 valence electrons. The molecule has 2 aromatic rings. The maximum absolute atomic E-state index is 13.0. The molecule has 4 nitrogen and oxygen atoms in total. The SMILES string of the molecule is COc1cccc([C@H]2CN(Cc3sccc3C)C[C@@H]2CN(CC(C)C)C(=O)C(C)C)c1. The third kappa shape index (κ3) is 6.11. The van der Waals surface area contributed by atoms with Crippen LogP contribution in [0.2, 0.25) is 0 Å². The number of hydrogen-bond donors (Lipinski definition) is 0. The summed E-state index contributed by atoms with van der Waals surface area (Å²) in [6, 6.07) is 10.7. The van der Waals surface area contributed by atoms with Crippen molar-refractivity contribution in [2.45, 2.75) is 47.1 Å². The number of amides is 1. The fraction of sp³-hybridized carbons (Fsp3) is 0.577. The van der Waals surface area contributed by atoms with Crippen molar-refractivity contribution >= 4 is 17.2 Å². The third-order valence-corrected chi connectivity index (χ3v) is 7.23. The highest BCUT2D eigenvalue weighted by Gasteiger charge is 2.36. The highest BCUT2D eigenvalue weighted by atomic mass is 32.1. The molecule has 0 unspecified atom stereocenters. The van der Waals surface area contributed by atoms with E-state index in [4.69, 9.17) is 4.74 Å². The Morgan fingerprint density at radius 3 is 2.61 bits per heavy atom. The van der Waals surface area contributed by atoms with E-state index in [1.54, 1.807) is 7.11 Å². The van der Waals surface area contributed by atoms with E-state index in [1.165, 1.54) is 16.0 Å². The average molecular weight is 443 g/mol. The standard InChI is InChI=1S/C26H38N2O2S/c1-18(2)13-28(26(29)19(3)4)15-22-14-27(17-25-20(5)10-11-31-25)16-24(22)21-8-7-9-23(12-21)30-6/h7-12,18-19,22,24H,13-17H2,1-6H3/t22-,24-/m1/s1. The molecular weight excluding hydrogens is 404 g/mol. The number of rotatable bonds is 9. The minimum atomic E-state index is 0.0280. The van der Waals surface area contributed by atoms with Gasteiger partial charge in [-0.15, -0.1) is 11.3 Å². The van der Waals surface area contributed by atoms with E-state index in [-0.39, 0.29) is 11.8 Å². The lowest BCUT2D eigenvalue weighted by molar-refractivity contribution is -0.135. The second-order valence-electron chi connectivity index (χ2n) is 9.66. The highest BCUT2D eigenvalue weighted by molar-refractivity contribution is 7.10. The first-order valence-electron chi connectivity index (χ1n) is 11.5. The van der Waals surface area contributed by atoms with Crippen molar-refractivity contribution in [2.75, 3.05) is 33.3 Å². The zero-order valence-corrected chi connectivity index (χ0v) is 20.7. The van der Waals surface area contributed by atoms with E-state index >= 15 is 0 Å². The summed E-state index contributed by atoms with van der Waals surface area (Å²) in [5, 5.41) is 2.18. The Balaban J connectivity index is 1.85. The second-order valence-corrected chi connectivity index (χ2v) is 10.7. The first-order valence-corrected chi connectivity index (χ1v) is 12.3. The van der Waals surface area contributed by atoms with Gasteiger partial charge in [-0.2, -0.15) is 0 Å². The van der Waals surface area contributed by atoms with Gasteiger partial charge < -0.3 is 9.64 Å². The lowest BCUT2D eigenvalue weighted by Gasteiger charge is -2.31. The summed E-state index contributed by atoms with van der Waals surface area (Å²) in [6.07, 6.45) is 0. The monoisotopic (exact) mass is 442 g/mol. The highest BCUT2D eigenvalue weighted by Crippen LogP contribution is 2.36. The molecule has 0 spiro atoms. The molecule has 0 bridgehead atoms. The van der Waals surface area contributed by atoms with Gasteiger partial charge in [0.1, 0.15) is 5.75 Å². The predicted octanol–water partition coefficient (Wildman–Crippen LogP) is 5.42. The molecule has 0 aliphatic carbocycles. The Labute approximate surface area is 192 Å². The van der Waals surface area contributed by atoms with Gasteiger partial charge in [-0.05, 0) is 53.5 Å². The van der Waals surface area contributed by atoms with Gasteiger partial charge in [0.2, 0.25) is 5.91 Å². The molecule has 2 atom stereocenters. The summed E-state index contributed by atoms with van der Waals surface area (Å²) in [4.78, 5) is 19.1. The zero-order valence-electron chi connectivity index (χ0n) is 19.9. The van der Waals surface area contributed by atoms with E-state index in [0.29, 0.717) is 17.8 Å². The number of carbonyl (C=O) groups is 1. The molecule has 0 radical (unpaired) electrons. The number of methoxy groups -OCH3 is 1. The second kappa shape index (κ2) is 10.6. The molecule has 1 aromatic carbocycles. The van der Waals surface area contributed by atoms with Gasteiger partial charge in [0.05, 0.1) is 7.11 Å². The summed E-state index contributed by atoms with van der Waals surface area (Å²) in [5.41, 5.74) is 2.69. The number of nitrogens with zero attached hydrogens (tertiary/aromatic N) is 2. The third-order valence-electron chi connectivity index (χ3n) is 6.22. The van der Waals surface area contributed by atoms with E-state index in [9.17, 15) is 4.79 Å². The summed E-state index contributed by atoms with van der Waals surface area (Å²) < 4.78 is 5.50. The molecule has 3 rings (SSSR count). The van der Waals surface area contributed by atoms with Gasteiger partial charge >= 0.3 is 0 Å². The molecule has 31 heavy (non-hydrogen) atoms. The fourth-order valence-corrected chi connectivity index (χ4v) is 5.58. The molecule has 1 saturated heterocycles. The summed E-state index contributed by atoms with van der Waals surface area (Å²) in [6.45, 7) is 15.3. The molecule has 1 aliphatic heterocycles. The first-order chi connectivity index (χ1) is 14.8. The van der Waals surface area contributed by atoms with Crippen LogP contribution in [-0.4, -0.2) is 49.0 Å². The van der Waals surface area contributed by atoms with Crippen molar-refractivity contribution in [3.05, 3.63) is 51.7 Å². The van der Waals surface area contributed by atoms with Crippen LogP contribution in [0, 0.1) is 24.7 Å². The van der Waals surface area contributed by atoms with Crippen LogP contribution >= 0.6 is 11.3 Å². The Morgan fingerprint density at radius 1 is 1.23 bits per heavy atom. The summed E-state index contributed by atoms with van der Waals surface area (Å²) in [7, 11) is 1.72. The fourth-order valence-electron chi connectivity index (χ4n) is 4.64. The van der Waals surface area contributed by atoms with E-state index in [1.807, 2.05) is 31.3 Å². The Hall–Kier alpha value is -1.85. The Kier molecular flexibility index (Phi) is 8.17. The van der Waals surface area contributed by atoms with Crippen molar-refractivity contribution < 1.29 is 9.53 Å². The average Bonchev–Trinajstić information content (AvgIpc) is 3.32. The molecule has 1 aliphatic rings. The Bertz CT molecular complexity index is 861.